The van der Waals surface area contributed by atoms with Crippen LogP contribution in [0, 0.1) is 0 Å². The number of anilines is 1. The third kappa shape index (κ3) is 8.95. The van der Waals surface area contributed by atoms with Crippen LogP contribution in [0.1, 0.15) is 38.3 Å². The third-order valence-corrected chi connectivity index (χ3v) is 9.30. The summed E-state index contributed by atoms with van der Waals surface area (Å²) in [7, 11) is -4.16. The van der Waals surface area contributed by atoms with Crippen molar-refractivity contribution in [2.75, 3.05) is 17.5 Å². The van der Waals surface area contributed by atoms with Crippen molar-refractivity contribution in [2.45, 2.75) is 57.1 Å². The number of carbonyl (C=O) groups is 2. The van der Waals surface area contributed by atoms with Crippen LogP contribution in [0.5, 0.6) is 5.75 Å². The van der Waals surface area contributed by atoms with E-state index in [-0.39, 0.29) is 29.8 Å². The van der Waals surface area contributed by atoms with Gasteiger partial charge in [0.1, 0.15) is 18.3 Å². The molecular formula is C36H41N3O5S. The second-order valence-electron chi connectivity index (χ2n) is 10.8. The molecule has 4 aromatic carbocycles. The normalized spacial score (nSPS) is 12.5. The molecule has 0 unspecified atom stereocenters. The van der Waals surface area contributed by atoms with Crippen LogP contribution in [0.2, 0.25) is 0 Å². The van der Waals surface area contributed by atoms with E-state index in [9.17, 15) is 18.0 Å². The van der Waals surface area contributed by atoms with Crippen LogP contribution in [0.15, 0.2) is 120 Å². The highest BCUT2D eigenvalue weighted by Gasteiger charge is 2.35. The smallest absolute Gasteiger partial charge is 0.264 e. The third-order valence-electron chi connectivity index (χ3n) is 7.51. The minimum atomic E-state index is -4.16. The van der Waals surface area contributed by atoms with Crippen molar-refractivity contribution in [3.8, 4) is 5.75 Å². The van der Waals surface area contributed by atoms with Gasteiger partial charge < -0.3 is 15.0 Å². The maximum atomic E-state index is 14.5. The minimum Gasteiger partial charge on any atom is -0.494 e. The van der Waals surface area contributed by atoms with E-state index < -0.39 is 28.5 Å². The Morgan fingerprint density at radius 3 is 1.89 bits per heavy atom. The van der Waals surface area contributed by atoms with Crippen molar-refractivity contribution in [1.82, 2.24) is 10.2 Å². The predicted molar refractivity (Wildman–Crippen MR) is 177 cm³/mol. The van der Waals surface area contributed by atoms with E-state index in [0.717, 1.165) is 21.9 Å². The van der Waals surface area contributed by atoms with Crippen molar-refractivity contribution in [3.63, 3.8) is 0 Å². The molecule has 0 bridgehead atoms. The molecule has 9 heteroatoms. The summed E-state index contributed by atoms with van der Waals surface area (Å²) in [5.41, 5.74) is 2.01. The Kier molecular flexibility index (Phi) is 11.8. The number of sulfonamides is 1. The average molecular weight is 628 g/mol. The van der Waals surface area contributed by atoms with Gasteiger partial charge in [-0.25, -0.2) is 8.42 Å². The summed E-state index contributed by atoms with van der Waals surface area (Å²) in [4.78, 5) is 29.9. The Labute approximate surface area is 266 Å². The summed E-state index contributed by atoms with van der Waals surface area (Å²) in [5, 5.41) is 3.05. The Balaban J connectivity index is 1.78. The highest BCUT2D eigenvalue weighted by molar-refractivity contribution is 7.92. The van der Waals surface area contributed by atoms with E-state index in [1.807, 2.05) is 81.4 Å². The average Bonchev–Trinajstić information content (AvgIpc) is 3.07. The molecule has 0 aromatic heterocycles. The number of nitrogens with zero attached hydrogens (tertiary/aromatic N) is 2. The lowest BCUT2D eigenvalue weighted by molar-refractivity contribution is -0.140. The summed E-state index contributed by atoms with van der Waals surface area (Å²) in [6.45, 7) is 5.82. The molecule has 0 heterocycles. The summed E-state index contributed by atoms with van der Waals surface area (Å²) in [5.74, 6) is -0.219. The molecule has 2 atom stereocenters. The zero-order valence-electron chi connectivity index (χ0n) is 26.0. The largest absolute Gasteiger partial charge is 0.494 e. The highest BCUT2D eigenvalue weighted by Crippen LogP contribution is 2.27. The Bertz CT molecular complexity index is 1620. The Hall–Kier alpha value is -4.63. The van der Waals surface area contributed by atoms with E-state index in [4.69, 9.17) is 4.74 Å². The van der Waals surface area contributed by atoms with Crippen LogP contribution in [0.25, 0.3) is 0 Å². The summed E-state index contributed by atoms with van der Waals surface area (Å²) >= 11 is 0. The Morgan fingerprint density at radius 2 is 1.33 bits per heavy atom. The van der Waals surface area contributed by atoms with Gasteiger partial charge in [0.2, 0.25) is 11.8 Å². The van der Waals surface area contributed by atoms with Gasteiger partial charge in [-0.1, -0.05) is 85.8 Å². The van der Waals surface area contributed by atoms with Gasteiger partial charge in [-0.3, -0.25) is 13.9 Å². The van der Waals surface area contributed by atoms with Gasteiger partial charge in [0, 0.05) is 19.0 Å². The summed E-state index contributed by atoms with van der Waals surface area (Å²) < 4.78 is 34.8. The molecule has 45 heavy (non-hydrogen) atoms. The maximum absolute atomic E-state index is 14.5. The number of ether oxygens (including phenoxy) is 1. The summed E-state index contributed by atoms with van der Waals surface area (Å²) in [6, 6.07) is 32.5. The van der Waals surface area contributed by atoms with Crippen molar-refractivity contribution < 1.29 is 22.7 Å². The van der Waals surface area contributed by atoms with E-state index in [1.165, 1.54) is 17.0 Å². The molecule has 2 amide bonds. The molecule has 4 aromatic rings. The molecule has 8 nitrogen and oxygen atoms in total. The first-order valence-corrected chi connectivity index (χ1v) is 16.6. The lowest BCUT2D eigenvalue weighted by Crippen LogP contribution is -2.54. The van der Waals surface area contributed by atoms with E-state index in [2.05, 4.69) is 5.32 Å². The van der Waals surface area contributed by atoms with Gasteiger partial charge in [-0.05, 0) is 67.8 Å². The second-order valence-corrected chi connectivity index (χ2v) is 12.6. The van der Waals surface area contributed by atoms with Crippen molar-refractivity contribution in [3.05, 3.63) is 126 Å². The predicted octanol–water partition coefficient (Wildman–Crippen LogP) is 5.84. The van der Waals surface area contributed by atoms with Crippen LogP contribution in [0.4, 0.5) is 5.69 Å². The van der Waals surface area contributed by atoms with Crippen LogP contribution in [-0.4, -0.2) is 50.4 Å². The summed E-state index contributed by atoms with van der Waals surface area (Å²) in [6.07, 6.45) is 0.980. The number of hydrogen-bond donors (Lipinski definition) is 1. The van der Waals surface area contributed by atoms with Crippen LogP contribution < -0.4 is 14.4 Å². The number of nitrogens with one attached hydrogen (secondary N) is 1. The molecule has 0 spiro atoms. The zero-order chi connectivity index (χ0) is 32.2. The van der Waals surface area contributed by atoms with E-state index >= 15 is 0 Å². The molecule has 0 radical (unpaired) electrons. The van der Waals surface area contributed by atoms with Gasteiger partial charge in [0.05, 0.1) is 17.2 Å². The number of carbonyl (C=O) groups excluding carboxylic acids is 2. The number of amides is 2. The quantitative estimate of drug-likeness (QED) is 0.179. The molecule has 4 rings (SSSR count). The molecule has 0 saturated heterocycles. The van der Waals surface area contributed by atoms with Gasteiger partial charge in [0.25, 0.3) is 10.0 Å². The van der Waals surface area contributed by atoms with Crippen LogP contribution in [0.3, 0.4) is 0 Å². The fourth-order valence-electron chi connectivity index (χ4n) is 4.90. The first-order chi connectivity index (χ1) is 21.7. The maximum Gasteiger partial charge on any atom is 0.264 e. The van der Waals surface area contributed by atoms with E-state index in [0.29, 0.717) is 18.0 Å². The molecule has 236 valence electrons. The Morgan fingerprint density at radius 1 is 0.778 bits per heavy atom. The number of rotatable bonds is 15. The molecule has 1 N–H and O–H groups in total. The van der Waals surface area contributed by atoms with Crippen LogP contribution >= 0.6 is 0 Å². The minimum absolute atomic E-state index is 0.0524. The fourth-order valence-corrected chi connectivity index (χ4v) is 6.33. The monoisotopic (exact) mass is 627 g/mol. The SMILES string of the molecule is CCOc1ccc(N(CC(=O)N(Cc2ccccc2)[C@@H](Cc2ccccc2)C(=O)N[C@@H](C)CC)S(=O)(=O)c2ccccc2)cc1. The standard InChI is InChI=1S/C36H41N3O5S/c1-4-28(3)37-36(41)34(25-29-15-9-6-10-16-29)38(26-30-17-11-7-12-18-30)35(40)27-39(31-21-23-32(24-22-31)44-5-2)45(42,43)33-19-13-8-14-20-33/h6-24,28,34H,4-5,25-27H2,1-3H3,(H,37,41)/t28-,34-/m0/s1. The molecule has 0 fully saturated rings. The first kappa shape index (κ1) is 33.3. The number of hydrogen-bond acceptors (Lipinski definition) is 5. The van der Waals surface area contributed by atoms with Gasteiger partial charge in [-0.15, -0.1) is 0 Å². The first-order valence-electron chi connectivity index (χ1n) is 15.2. The molecule has 0 aliphatic heterocycles. The topological polar surface area (TPSA) is 96.0 Å². The van der Waals surface area contributed by atoms with Crippen molar-refractivity contribution >= 4 is 27.5 Å². The highest BCUT2D eigenvalue weighted by atomic mass is 32.2. The lowest BCUT2D eigenvalue weighted by atomic mass is 10.0. The zero-order valence-corrected chi connectivity index (χ0v) is 26.8. The number of benzene rings is 4. The molecule has 0 aliphatic carbocycles. The molecule has 0 aliphatic rings. The molecular weight excluding hydrogens is 586 g/mol. The lowest BCUT2D eigenvalue weighted by Gasteiger charge is -2.34. The van der Waals surface area contributed by atoms with Crippen LogP contribution in [-0.2, 0) is 32.6 Å². The van der Waals surface area contributed by atoms with Gasteiger partial charge in [0.15, 0.2) is 0 Å². The van der Waals surface area contributed by atoms with Gasteiger partial charge >= 0.3 is 0 Å². The fraction of sp³-hybridized carbons (Fsp3) is 0.278. The molecule has 0 saturated carbocycles. The van der Waals surface area contributed by atoms with Crippen molar-refractivity contribution in [2.24, 2.45) is 0 Å². The second kappa shape index (κ2) is 15.9. The van der Waals surface area contributed by atoms with Crippen molar-refractivity contribution in [1.29, 1.82) is 0 Å². The van der Waals surface area contributed by atoms with Gasteiger partial charge in [-0.2, -0.15) is 0 Å². The van der Waals surface area contributed by atoms with E-state index in [1.54, 1.807) is 42.5 Å².